The van der Waals surface area contributed by atoms with Crippen molar-refractivity contribution in [2.75, 3.05) is 5.94 Å². The van der Waals surface area contributed by atoms with Crippen LogP contribution in [0.15, 0.2) is 58.4 Å². The summed E-state index contributed by atoms with van der Waals surface area (Å²) >= 11 is 4.16. The maximum Gasteiger partial charge on any atom is 0.330 e. The van der Waals surface area contributed by atoms with Crippen molar-refractivity contribution in [3.8, 4) is 0 Å². The van der Waals surface area contributed by atoms with E-state index in [9.17, 15) is 4.79 Å². The minimum absolute atomic E-state index is 0.0488. The standard InChI is InChI=1S/C24H34O4S/c1-17(7-5-9-19(3)23(25)26)8-6-13-24(4)14-12-20-15-21(27-16-29)11-10-18(2)22(20)28-24/h8-11,15,21,29H,5-7,12-14,16H2,1-4H3,(H,25,26)/b17-8+,19-9+. The van der Waals surface area contributed by atoms with E-state index in [-0.39, 0.29) is 11.7 Å². The van der Waals surface area contributed by atoms with Gasteiger partial charge in [0.2, 0.25) is 0 Å². The zero-order chi connectivity index (χ0) is 21.4. The minimum Gasteiger partial charge on any atom is -0.487 e. The van der Waals surface area contributed by atoms with E-state index < -0.39 is 5.97 Å². The Morgan fingerprint density at radius 2 is 2.14 bits per heavy atom. The molecule has 29 heavy (non-hydrogen) atoms. The molecule has 4 nitrogen and oxygen atoms in total. The lowest BCUT2D eigenvalue weighted by molar-refractivity contribution is -0.132. The van der Waals surface area contributed by atoms with Crippen LogP contribution in [0.2, 0.25) is 0 Å². The number of allylic oxidation sites excluding steroid dienone is 6. The first-order valence-electron chi connectivity index (χ1n) is 10.3. The van der Waals surface area contributed by atoms with Gasteiger partial charge in [0.1, 0.15) is 11.4 Å². The van der Waals surface area contributed by atoms with Crippen LogP contribution in [0, 0.1) is 0 Å². The first-order chi connectivity index (χ1) is 13.7. The molecule has 2 unspecified atom stereocenters. The van der Waals surface area contributed by atoms with Gasteiger partial charge in [-0.25, -0.2) is 4.79 Å². The van der Waals surface area contributed by atoms with Gasteiger partial charge in [-0.05, 0) is 83.4 Å². The fraction of sp³-hybridized carbons (Fsp3) is 0.542. The van der Waals surface area contributed by atoms with Crippen LogP contribution in [0.4, 0.5) is 0 Å². The number of hydrogen-bond acceptors (Lipinski definition) is 4. The first kappa shape index (κ1) is 23.6. The summed E-state index contributed by atoms with van der Waals surface area (Å²) in [6.07, 6.45) is 15.8. The Hall–Kier alpha value is -1.72. The molecule has 1 fully saturated rings. The predicted molar refractivity (Wildman–Crippen MR) is 121 cm³/mol. The number of thiol groups is 1. The van der Waals surface area contributed by atoms with Crippen LogP contribution < -0.4 is 0 Å². The van der Waals surface area contributed by atoms with Crippen molar-refractivity contribution in [1.82, 2.24) is 0 Å². The van der Waals surface area contributed by atoms with Gasteiger partial charge in [0, 0.05) is 5.57 Å². The van der Waals surface area contributed by atoms with Gasteiger partial charge in [0.05, 0.1) is 12.0 Å². The summed E-state index contributed by atoms with van der Waals surface area (Å²) < 4.78 is 12.1. The molecule has 1 aliphatic heterocycles. The van der Waals surface area contributed by atoms with E-state index in [1.807, 2.05) is 0 Å². The van der Waals surface area contributed by atoms with Gasteiger partial charge in [-0.3, -0.25) is 0 Å². The van der Waals surface area contributed by atoms with Crippen LogP contribution in [-0.2, 0) is 14.3 Å². The zero-order valence-electron chi connectivity index (χ0n) is 18.0. The van der Waals surface area contributed by atoms with E-state index in [2.05, 4.69) is 57.7 Å². The number of ether oxygens (including phenoxy) is 2. The van der Waals surface area contributed by atoms with Crippen molar-refractivity contribution in [2.24, 2.45) is 0 Å². The number of hydrogen-bond donors (Lipinski definition) is 2. The Morgan fingerprint density at radius 3 is 2.83 bits per heavy atom. The summed E-state index contributed by atoms with van der Waals surface area (Å²) in [6, 6.07) is 0. The lowest BCUT2D eigenvalue weighted by atomic mass is 9.87. The molecular weight excluding hydrogens is 384 g/mol. The molecule has 5 heteroatoms. The van der Waals surface area contributed by atoms with E-state index in [4.69, 9.17) is 14.6 Å². The SMILES string of the molecule is CC1=C2OC(C)(CC/C=C(\C)CC/C=C(\C)C(=O)O)CCC2=CC(OCS)C=C1. The van der Waals surface area contributed by atoms with Gasteiger partial charge in [-0.15, -0.1) is 0 Å². The molecule has 1 saturated heterocycles. The second-order valence-corrected chi connectivity index (χ2v) is 8.45. The fourth-order valence-corrected chi connectivity index (χ4v) is 3.80. The van der Waals surface area contributed by atoms with Gasteiger partial charge < -0.3 is 14.6 Å². The third kappa shape index (κ3) is 7.23. The largest absolute Gasteiger partial charge is 0.487 e. The van der Waals surface area contributed by atoms with E-state index in [1.165, 1.54) is 11.1 Å². The minimum atomic E-state index is -0.844. The summed E-state index contributed by atoms with van der Waals surface area (Å²) in [5, 5.41) is 8.90. The van der Waals surface area contributed by atoms with Gasteiger partial charge in [0.25, 0.3) is 0 Å². The van der Waals surface area contributed by atoms with E-state index in [0.717, 1.165) is 49.9 Å². The third-order valence-corrected chi connectivity index (χ3v) is 5.73. The monoisotopic (exact) mass is 418 g/mol. The molecule has 160 valence electrons. The average Bonchev–Trinajstić information content (AvgIpc) is 2.81. The molecule has 0 aromatic heterocycles. The first-order valence-corrected chi connectivity index (χ1v) is 10.9. The average molecular weight is 419 g/mol. The van der Waals surface area contributed by atoms with Crippen LogP contribution in [0.3, 0.4) is 0 Å². The molecule has 2 atom stereocenters. The lowest BCUT2D eigenvalue weighted by Gasteiger charge is -2.38. The summed E-state index contributed by atoms with van der Waals surface area (Å²) in [4.78, 5) is 10.8. The number of carboxylic acid groups (broad SMARTS) is 1. The van der Waals surface area contributed by atoms with Gasteiger partial charge in [-0.2, -0.15) is 12.6 Å². The van der Waals surface area contributed by atoms with E-state index in [0.29, 0.717) is 11.5 Å². The molecule has 0 amide bonds. The van der Waals surface area contributed by atoms with Crippen LogP contribution in [0.1, 0.15) is 66.2 Å². The van der Waals surface area contributed by atoms with Gasteiger partial charge in [-0.1, -0.05) is 29.9 Å². The summed E-state index contributed by atoms with van der Waals surface area (Å²) in [6.45, 7) is 8.03. The lowest BCUT2D eigenvalue weighted by Crippen LogP contribution is -2.33. The quantitative estimate of drug-likeness (QED) is 0.204. The Bertz CT molecular complexity index is 757. The topological polar surface area (TPSA) is 55.8 Å². The van der Waals surface area contributed by atoms with Crippen molar-refractivity contribution < 1.29 is 19.4 Å². The zero-order valence-corrected chi connectivity index (χ0v) is 18.9. The highest BCUT2D eigenvalue weighted by molar-refractivity contribution is 7.80. The molecule has 1 aliphatic carbocycles. The van der Waals surface area contributed by atoms with Gasteiger partial charge >= 0.3 is 5.97 Å². The molecular formula is C24H34O4S. The molecule has 2 aliphatic rings. The molecule has 0 radical (unpaired) electrons. The number of rotatable bonds is 9. The van der Waals surface area contributed by atoms with Crippen LogP contribution in [-0.4, -0.2) is 28.7 Å². The van der Waals surface area contributed by atoms with Crippen LogP contribution in [0.25, 0.3) is 0 Å². The molecule has 1 N–H and O–H groups in total. The molecule has 2 rings (SSSR count). The molecule has 0 spiro atoms. The predicted octanol–water partition coefficient (Wildman–Crippen LogP) is 6.14. The van der Waals surface area contributed by atoms with Crippen LogP contribution >= 0.6 is 12.6 Å². The molecule has 0 aromatic rings. The smallest absolute Gasteiger partial charge is 0.330 e. The highest BCUT2D eigenvalue weighted by Gasteiger charge is 2.34. The Kier molecular flexibility index (Phi) is 8.84. The highest BCUT2D eigenvalue weighted by Crippen LogP contribution is 2.40. The normalized spacial score (nSPS) is 25.3. The molecule has 0 bridgehead atoms. The van der Waals surface area contributed by atoms with E-state index in [1.54, 1.807) is 13.0 Å². The number of carbonyl (C=O) groups is 1. The van der Waals surface area contributed by atoms with Gasteiger partial charge in [0.15, 0.2) is 0 Å². The second-order valence-electron chi connectivity index (χ2n) is 8.20. The second kappa shape index (κ2) is 10.9. The maximum absolute atomic E-state index is 10.8. The Balaban J connectivity index is 1.92. The fourth-order valence-electron chi connectivity index (χ4n) is 3.63. The number of fused-ring (bicyclic) bond motifs is 1. The van der Waals surface area contributed by atoms with Crippen molar-refractivity contribution in [2.45, 2.75) is 77.9 Å². The van der Waals surface area contributed by atoms with Crippen molar-refractivity contribution in [3.05, 3.63) is 58.4 Å². The number of aliphatic carboxylic acids is 1. The van der Waals surface area contributed by atoms with Crippen LogP contribution in [0.5, 0.6) is 0 Å². The Labute approximate surface area is 180 Å². The Morgan fingerprint density at radius 1 is 1.38 bits per heavy atom. The summed E-state index contributed by atoms with van der Waals surface area (Å²) in [5.74, 6) is 0.544. The summed E-state index contributed by atoms with van der Waals surface area (Å²) in [5.41, 5.74) is 3.89. The van der Waals surface area contributed by atoms with Crippen molar-refractivity contribution >= 4 is 18.6 Å². The molecule has 1 heterocycles. The number of carboxylic acids is 1. The van der Waals surface area contributed by atoms with Crippen molar-refractivity contribution in [1.29, 1.82) is 0 Å². The van der Waals surface area contributed by atoms with Crippen molar-refractivity contribution in [3.63, 3.8) is 0 Å². The maximum atomic E-state index is 10.8. The third-order valence-electron chi connectivity index (χ3n) is 5.58. The van der Waals surface area contributed by atoms with E-state index >= 15 is 0 Å². The molecule has 0 aromatic carbocycles. The summed E-state index contributed by atoms with van der Waals surface area (Å²) in [7, 11) is 0. The molecule has 0 saturated carbocycles. The highest BCUT2D eigenvalue weighted by atomic mass is 32.1.